The molecule has 1 saturated carbocycles. The van der Waals surface area contributed by atoms with Crippen LogP contribution in [-0.2, 0) is 4.79 Å². The molecule has 1 saturated heterocycles. The lowest BCUT2D eigenvalue weighted by Gasteiger charge is -2.24. The summed E-state index contributed by atoms with van der Waals surface area (Å²) in [6, 6.07) is 6.16. The van der Waals surface area contributed by atoms with Crippen molar-refractivity contribution in [2.45, 2.75) is 12.5 Å². The number of benzene rings is 1. The number of hydrogen-bond donors (Lipinski definition) is 1. The number of aliphatic carboxylic acids is 1. The Kier molecular flexibility index (Phi) is 2.69. The van der Waals surface area contributed by atoms with E-state index in [-0.39, 0.29) is 11.8 Å². The van der Waals surface area contributed by atoms with E-state index in [1.165, 1.54) is 12.0 Å². The fraction of sp³-hybridized carbons (Fsp3) is 0.429. The number of likely N-dealkylation sites (tertiary alicyclic amines) is 1. The standard InChI is InChI=1S/C14H15NO4/c1-19-10-4-2-3-8(5-10)13(16)15-7-9-6-11(9)12(15)14(17)18/h2-5,9,11-12H,6-7H2,1H3,(H,17,18)/t9-,11-,12-/m1/s1. The Morgan fingerprint density at radius 3 is 2.89 bits per heavy atom. The smallest absolute Gasteiger partial charge is 0.326 e. The summed E-state index contributed by atoms with van der Waals surface area (Å²) in [6.45, 7) is 0.553. The van der Waals surface area contributed by atoms with E-state index in [2.05, 4.69) is 0 Å². The van der Waals surface area contributed by atoms with E-state index in [0.717, 1.165) is 6.42 Å². The van der Waals surface area contributed by atoms with Crippen LogP contribution in [0.3, 0.4) is 0 Å². The van der Waals surface area contributed by atoms with Gasteiger partial charge in [-0.1, -0.05) is 6.07 Å². The van der Waals surface area contributed by atoms with Gasteiger partial charge in [0.2, 0.25) is 0 Å². The minimum atomic E-state index is -0.902. The average molecular weight is 261 g/mol. The fourth-order valence-corrected chi connectivity index (χ4v) is 2.91. The van der Waals surface area contributed by atoms with E-state index in [9.17, 15) is 14.7 Å². The lowest BCUT2D eigenvalue weighted by atomic mass is 10.1. The zero-order valence-corrected chi connectivity index (χ0v) is 10.6. The Labute approximate surface area is 110 Å². The molecule has 0 spiro atoms. The zero-order valence-electron chi connectivity index (χ0n) is 10.6. The molecular formula is C14H15NO4. The van der Waals surface area contributed by atoms with Gasteiger partial charge in [0.15, 0.2) is 0 Å². The summed E-state index contributed by atoms with van der Waals surface area (Å²) in [7, 11) is 1.54. The van der Waals surface area contributed by atoms with Gasteiger partial charge in [-0.2, -0.15) is 0 Å². The number of carbonyl (C=O) groups is 2. The van der Waals surface area contributed by atoms with Crippen molar-refractivity contribution >= 4 is 11.9 Å². The molecule has 100 valence electrons. The Morgan fingerprint density at radius 2 is 2.21 bits per heavy atom. The highest BCUT2D eigenvalue weighted by Gasteiger charge is 2.57. The number of hydrogen-bond acceptors (Lipinski definition) is 3. The maximum atomic E-state index is 12.4. The second kappa shape index (κ2) is 4.26. The van der Waals surface area contributed by atoms with Crippen LogP contribution in [0.15, 0.2) is 24.3 Å². The quantitative estimate of drug-likeness (QED) is 0.889. The third-order valence-electron chi connectivity index (χ3n) is 3.98. The van der Waals surface area contributed by atoms with Crippen molar-refractivity contribution < 1.29 is 19.4 Å². The molecule has 0 bridgehead atoms. The molecule has 2 fully saturated rings. The fourth-order valence-electron chi connectivity index (χ4n) is 2.91. The number of carboxylic acid groups (broad SMARTS) is 1. The van der Waals surface area contributed by atoms with Crippen molar-refractivity contribution in [3.05, 3.63) is 29.8 Å². The second-order valence-corrected chi connectivity index (χ2v) is 5.13. The molecule has 1 aromatic rings. The number of methoxy groups -OCH3 is 1. The Hall–Kier alpha value is -2.04. The third-order valence-corrected chi connectivity index (χ3v) is 3.98. The largest absolute Gasteiger partial charge is 0.497 e. The van der Waals surface area contributed by atoms with Crippen LogP contribution in [0.4, 0.5) is 0 Å². The number of rotatable bonds is 3. The molecule has 0 unspecified atom stereocenters. The summed E-state index contributed by atoms with van der Waals surface area (Å²) in [5.74, 6) is -0.00968. The van der Waals surface area contributed by atoms with Gasteiger partial charge in [-0.15, -0.1) is 0 Å². The molecule has 0 radical (unpaired) electrons. The Bertz CT molecular complexity index is 542. The molecule has 1 aromatic carbocycles. The van der Waals surface area contributed by atoms with Gasteiger partial charge in [0.05, 0.1) is 7.11 Å². The molecule has 5 heteroatoms. The first-order valence-electron chi connectivity index (χ1n) is 6.29. The maximum absolute atomic E-state index is 12.4. The zero-order chi connectivity index (χ0) is 13.6. The van der Waals surface area contributed by atoms with Crippen molar-refractivity contribution in [1.29, 1.82) is 0 Å². The lowest BCUT2D eigenvalue weighted by molar-refractivity contribution is -0.142. The summed E-state index contributed by atoms with van der Waals surface area (Å²) in [5.41, 5.74) is 0.479. The van der Waals surface area contributed by atoms with Gasteiger partial charge in [0, 0.05) is 12.1 Å². The minimum Gasteiger partial charge on any atom is -0.497 e. The van der Waals surface area contributed by atoms with Crippen LogP contribution in [0.25, 0.3) is 0 Å². The van der Waals surface area contributed by atoms with E-state index in [4.69, 9.17) is 4.74 Å². The van der Waals surface area contributed by atoms with Gasteiger partial charge >= 0.3 is 5.97 Å². The number of piperidine rings is 1. The van der Waals surface area contributed by atoms with Crippen molar-refractivity contribution in [2.75, 3.05) is 13.7 Å². The van der Waals surface area contributed by atoms with E-state index in [0.29, 0.717) is 23.8 Å². The maximum Gasteiger partial charge on any atom is 0.326 e. The topological polar surface area (TPSA) is 66.8 Å². The second-order valence-electron chi connectivity index (χ2n) is 5.13. The van der Waals surface area contributed by atoms with Crippen molar-refractivity contribution in [1.82, 2.24) is 4.90 Å². The minimum absolute atomic E-state index is 0.145. The van der Waals surface area contributed by atoms with Crippen LogP contribution in [0.5, 0.6) is 5.75 Å². The molecule has 1 amide bonds. The SMILES string of the molecule is COc1cccc(C(=O)N2C[C@H]3C[C@H]3[C@@H]2C(=O)O)c1. The highest BCUT2D eigenvalue weighted by Crippen LogP contribution is 2.49. The van der Waals surface area contributed by atoms with Crippen LogP contribution in [0.2, 0.25) is 0 Å². The first-order valence-corrected chi connectivity index (χ1v) is 6.29. The van der Waals surface area contributed by atoms with Crippen molar-refractivity contribution in [3.8, 4) is 5.75 Å². The normalized spacial score (nSPS) is 27.8. The summed E-state index contributed by atoms with van der Waals surface area (Å²) < 4.78 is 5.08. The first-order chi connectivity index (χ1) is 9.11. The van der Waals surface area contributed by atoms with Gasteiger partial charge in [0.1, 0.15) is 11.8 Å². The van der Waals surface area contributed by atoms with Crippen LogP contribution in [0, 0.1) is 11.8 Å². The van der Waals surface area contributed by atoms with Crippen LogP contribution in [-0.4, -0.2) is 41.6 Å². The summed E-state index contributed by atoms with van der Waals surface area (Å²) in [5, 5.41) is 9.26. The number of carbonyl (C=O) groups excluding carboxylic acids is 1. The molecular weight excluding hydrogens is 246 g/mol. The molecule has 1 N–H and O–H groups in total. The predicted molar refractivity (Wildman–Crippen MR) is 67.1 cm³/mol. The molecule has 2 aliphatic rings. The van der Waals surface area contributed by atoms with Gasteiger partial charge in [-0.25, -0.2) is 4.79 Å². The highest BCUT2D eigenvalue weighted by molar-refractivity contribution is 5.97. The molecule has 3 rings (SSSR count). The summed E-state index contributed by atoms with van der Waals surface area (Å²) in [4.78, 5) is 25.2. The monoisotopic (exact) mass is 261 g/mol. The van der Waals surface area contributed by atoms with Crippen LogP contribution < -0.4 is 4.74 Å². The predicted octanol–water partition coefficient (Wildman–Crippen LogP) is 1.24. The molecule has 3 atom stereocenters. The van der Waals surface area contributed by atoms with Crippen molar-refractivity contribution in [3.63, 3.8) is 0 Å². The Morgan fingerprint density at radius 1 is 1.42 bits per heavy atom. The number of ether oxygens (including phenoxy) is 1. The molecule has 19 heavy (non-hydrogen) atoms. The number of amides is 1. The van der Waals surface area contributed by atoms with E-state index >= 15 is 0 Å². The lowest BCUT2D eigenvalue weighted by Crippen LogP contribution is -2.43. The van der Waals surface area contributed by atoms with Gasteiger partial charge < -0.3 is 14.7 Å². The molecule has 5 nitrogen and oxygen atoms in total. The van der Waals surface area contributed by atoms with Gasteiger partial charge in [-0.05, 0) is 36.5 Å². The molecule has 1 aliphatic carbocycles. The van der Waals surface area contributed by atoms with E-state index < -0.39 is 12.0 Å². The number of nitrogens with zero attached hydrogens (tertiary/aromatic N) is 1. The van der Waals surface area contributed by atoms with Crippen LogP contribution >= 0.6 is 0 Å². The number of carboxylic acids is 1. The average Bonchev–Trinajstić information content (AvgIpc) is 3.07. The summed E-state index contributed by atoms with van der Waals surface area (Å²) >= 11 is 0. The third kappa shape index (κ3) is 1.95. The number of fused-ring (bicyclic) bond motifs is 1. The summed E-state index contributed by atoms with van der Waals surface area (Å²) in [6.07, 6.45) is 0.929. The Balaban J connectivity index is 1.85. The van der Waals surface area contributed by atoms with Crippen LogP contribution in [0.1, 0.15) is 16.8 Å². The first kappa shape index (κ1) is 12.0. The van der Waals surface area contributed by atoms with Crippen molar-refractivity contribution in [2.24, 2.45) is 11.8 Å². The molecule has 1 heterocycles. The molecule has 1 aliphatic heterocycles. The highest BCUT2D eigenvalue weighted by atomic mass is 16.5. The molecule has 0 aromatic heterocycles. The van der Waals surface area contributed by atoms with Gasteiger partial charge in [0.25, 0.3) is 5.91 Å². The van der Waals surface area contributed by atoms with E-state index in [1.54, 1.807) is 24.3 Å². The van der Waals surface area contributed by atoms with E-state index in [1.807, 2.05) is 0 Å². The van der Waals surface area contributed by atoms with Gasteiger partial charge in [-0.3, -0.25) is 4.79 Å².